The lowest BCUT2D eigenvalue weighted by Crippen LogP contribution is -2.59. The van der Waals surface area contributed by atoms with Gasteiger partial charge in [-0.25, -0.2) is 0 Å². The summed E-state index contributed by atoms with van der Waals surface area (Å²) in [5.41, 5.74) is 5.39. The van der Waals surface area contributed by atoms with Crippen LogP contribution in [0.15, 0.2) is 65.1 Å². The summed E-state index contributed by atoms with van der Waals surface area (Å²) in [6.45, 7) is 8.88. The molecule has 2 aliphatic rings. The van der Waals surface area contributed by atoms with E-state index in [9.17, 15) is 0 Å². The van der Waals surface area contributed by atoms with Crippen molar-refractivity contribution in [2.45, 2.75) is 57.2 Å². The van der Waals surface area contributed by atoms with Crippen molar-refractivity contribution in [3.8, 4) is 11.5 Å². The van der Waals surface area contributed by atoms with Crippen molar-refractivity contribution in [2.75, 3.05) is 7.11 Å². The molecule has 0 aromatic heterocycles. The van der Waals surface area contributed by atoms with Crippen LogP contribution in [0.2, 0.25) is 0 Å². The van der Waals surface area contributed by atoms with Crippen molar-refractivity contribution in [1.29, 1.82) is 0 Å². The van der Waals surface area contributed by atoms with Crippen molar-refractivity contribution in [2.24, 2.45) is 0 Å². The predicted molar refractivity (Wildman–Crippen MR) is 133 cm³/mol. The minimum Gasteiger partial charge on any atom is -0.493 e. The van der Waals surface area contributed by atoms with Crippen LogP contribution in [0.4, 0.5) is 0 Å². The van der Waals surface area contributed by atoms with Crippen molar-refractivity contribution in [3.63, 3.8) is 0 Å². The Labute approximate surface area is 199 Å². The molecule has 0 aliphatic carbocycles. The summed E-state index contributed by atoms with van der Waals surface area (Å²) in [5, 5.41) is 4.10. The molecule has 3 aromatic carbocycles. The molecule has 0 saturated heterocycles. The first-order chi connectivity index (χ1) is 15.2. The largest absolute Gasteiger partial charge is 0.493 e. The van der Waals surface area contributed by atoms with Gasteiger partial charge in [0.1, 0.15) is 5.60 Å². The molecule has 0 saturated carbocycles. The maximum absolute atomic E-state index is 6.46. The van der Waals surface area contributed by atoms with Crippen LogP contribution in [0.3, 0.4) is 0 Å². The van der Waals surface area contributed by atoms with E-state index in [1.165, 1.54) is 27.8 Å². The number of methoxy groups -OCH3 is 1. The molecule has 1 unspecified atom stereocenters. The summed E-state index contributed by atoms with van der Waals surface area (Å²) in [5.74, 6) is 1.71. The fourth-order valence-corrected chi connectivity index (χ4v) is 6.03. The van der Waals surface area contributed by atoms with Gasteiger partial charge >= 0.3 is 0 Å². The zero-order chi connectivity index (χ0) is 22.7. The Bertz CT molecular complexity index is 1190. The monoisotopic (exact) mass is 491 g/mol. The summed E-state index contributed by atoms with van der Waals surface area (Å²) in [6.07, 6.45) is 1.75. The molecule has 0 bridgehead atoms. The number of rotatable bonds is 3. The van der Waals surface area contributed by atoms with E-state index in [2.05, 4.69) is 110 Å². The molecule has 1 atom stereocenters. The summed E-state index contributed by atoms with van der Waals surface area (Å²) in [4.78, 5) is 0. The summed E-state index contributed by atoms with van der Waals surface area (Å²) in [6, 6.07) is 21.7. The number of fused-ring (bicyclic) bond motifs is 3. The molecule has 0 spiro atoms. The van der Waals surface area contributed by atoms with E-state index in [-0.39, 0.29) is 11.1 Å². The van der Waals surface area contributed by atoms with E-state index in [1.807, 2.05) is 0 Å². The van der Waals surface area contributed by atoms with E-state index in [4.69, 9.17) is 9.47 Å². The Morgan fingerprint density at radius 2 is 1.62 bits per heavy atom. The second-order valence-corrected chi connectivity index (χ2v) is 11.2. The molecular weight excluding hydrogens is 462 g/mol. The summed E-state index contributed by atoms with van der Waals surface area (Å²) in [7, 11) is 1.74. The smallest absolute Gasteiger partial charge is 0.165 e. The van der Waals surface area contributed by atoms with Gasteiger partial charge in [-0.1, -0.05) is 58.4 Å². The van der Waals surface area contributed by atoms with Crippen LogP contribution in [0.25, 0.3) is 0 Å². The van der Waals surface area contributed by atoms with E-state index >= 15 is 0 Å². The van der Waals surface area contributed by atoms with Gasteiger partial charge in [0.15, 0.2) is 11.5 Å². The number of hydrogen-bond acceptors (Lipinski definition) is 3. The zero-order valence-corrected chi connectivity index (χ0v) is 21.0. The third kappa shape index (κ3) is 3.36. The molecule has 32 heavy (non-hydrogen) atoms. The molecule has 166 valence electrons. The lowest BCUT2D eigenvalue weighted by Gasteiger charge is -2.49. The highest BCUT2D eigenvalue weighted by atomic mass is 79.9. The molecule has 2 heterocycles. The van der Waals surface area contributed by atoms with Crippen LogP contribution < -0.4 is 14.8 Å². The second kappa shape index (κ2) is 7.36. The molecule has 0 amide bonds. The lowest BCUT2D eigenvalue weighted by molar-refractivity contribution is 0.134. The Balaban J connectivity index is 1.93. The minimum absolute atomic E-state index is 0.126. The van der Waals surface area contributed by atoms with Gasteiger partial charge in [0.2, 0.25) is 0 Å². The standard InChI is InChI=1S/C28H30BrNO2/c1-26(2)16-18-14-23(31-5)25-22(17-27(3,4)32-25)24(18)28(30-26,19-10-7-6-8-11-19)20-12-9-13-21(29)15-20/h6-15,30H,16-17H2,1-5H3. The number of halogens is 1. The van der Waals surface area contributed by atoms with E-state index < -0.39 is 5.54 Å². The van der Waals surface area contributed by atoms with Crippen LogP contribution >= 0.6 is 15.9 Å². The fourth-order valence-electron chi connectivity index (χ4n) is 5.63. The van der Waals surface area contributed by atoms with E-state index in [0.717, 1.165) is 28.8 Å². The first-order valence-corrected chi connectivity index (χ1v) is 12.0. The average Bonchev–Trinajstić information content (AvgIpc) is 3.07. The predicted octanol–water partition coefficient (Wildman–Crippen LogP) is 6.39. The van der Waals surface area contributed by atoms with E-state index in [1.54, 1.807) is 7.11 Å². The van der Waals surface area contributed by atoms with Gasteiger partial charge in [-0.15, -0.1) is 0 Å². The normalized spacial score (nSPS) is 22.6. The van der Waals surface area contributed by atoms with Crippen LogP contribution in [0.1, 0.15) is 55.5 Å². The molecule has 5 rings (SSSR count). The van der Waals surface area contributed by atoms with Gasteiger partial charge in [0.05, 0.1) is 12.6 Å². The van der Waals surface area contributed by atoms with Crippen molar-refractivity contribution in [3.05, 3.63) is 93.0 Å². The van der Waals surface area contributed by atoms with Gasteiger partial charge in [-0.2, -0.15) is 0 Å². The molecule has 3 nitrogen and oxygen atoms in total. The number of hydrogen-bond donors (Lipinski definition) is 1. The van der Waals surface area contributed by atoms with Crippen LogP contribution in [0, 0.1) is 0 Å². The third-order valence-electron chi connectivity index (χ3n) is 6.62. The number of ether oxygens (including phenoxy) is 2. The first kappa shape index (κ1) is 21.5. The highest BCUT2D eigenvalue weighted by molar-refractivity contribution is 9.10. The maximum atomic E-state index is 6.46. The molecule has 4 heteroatoms. The van der Waals surface area contributed by atoms with Crippen LogP contribution in [-0.4, -0.2) is 18.2 Å². The van der Waals surface area contributed by atoms with Gasteiger partial charge in [0, 0.05) is 22.0 Å². The van der Waals surface area contributed by atoms with Gasteiger partial charge in [-0.05, 0) is 74.6 Å². The molecule has 0 radical (unpaired) electrons. The van der Waals surface area contributed by atoms with Crippen molar-refractivity contribution in [1.82, 2.24) is 5.32 Å². The Morgan fingerprint density at radius 1 is 0.906 bits per heavy atom. The van der Waals surface area contributed by atoms with Crippen molar-refractivity contribution >= 4 is 15.9 Å². The molecule has 0 fully saturated rings. The van der Waals surface area contributed by atoms with Gasteiger partial charge < -0.3 is 9.47 Å². The lowest BCUT2D eigenvalue weighted by atomic mass is 9.66. The highest BCUT2D eigenvalue weighted by Crippen LogP contribution is 2.53. The molecular formula is C28H30BrNO2. The molecule has 1 N–H and O–H groups in total. The summed E-state index contributed by atoms with van der Waals surface area (Å²) >= 11 is 3.72. The fraction of sp³-hybridized carbons (Fsp3) is 0.357. The first-order valence-electron chi connectivity index (χ1n) is 11.2. The maximum Gasteiger partial charge on any atom is 0.165 e. The topological polar surface area (TPSA) is 30.5 Å². The highest BCUT2D eigenvalue weighted by Gasteiger charge is 2.50. The van der Waals surface area contributed by atoms with E-state index in [0.29, 0.717) is 0 Å². The minimum atomic E-state index is -0.512. The Hall–Kier alpha value is -2.30. The van der Waals surface area contributed by atoms with Crippen LogP contribution in [-0.2, 0) is 18.4 Å². The van der Waals surface area contributed by atoms with Gasteiger partial charge in [-0.3, -0.25) is 5.32 Å². The third-order valence-corrected chi connectivity index (χ3v) is 7.12. The second-order valence-electron chi connectivity index (χ2n) is 10.3. The Kier molecular flexibility index (Phi) is 4.95. The van der Waals surface area contributed by atoms with Gasteiger partial charge in [0.25, 0.3) is 0 Å². The Morgan fingerprint density at radius 3 is 2.31 bits per heavy atom. The quantitative estimate of drug-likeness (QED) is 0.460. The molecule has 2 aliphatic heterocycles. The van der Waals surface area contributed by atoms with Crippen molar-refractivity contribution < 1.29 is 9.47 Å². The number of benzene rings is 3. The SMILES string of the molecule is COc1cc2c(c3c1OC(C)(C)C3)C(c1ccccc1)(c1cccc(Br)c1)NC(C)(C)C2. The van der Waals surface area contributed by atoms with Crippen LogP contribution in [0.5, 0.6) is 11.5 Å². The zero-order valence-electron chi connectivity index (χ0n) is 19.4. The molecule has 3 aromatic rings. The average molecular weight is 492 g/mol. The number of nitrogens with one attached hydrogen (secondary N) is 1. The summed E-state index contributed by atoms with van der Waals surface area (Å²) < 4.78 is 13.4.